The van der Waals surface area contributed by atoms with E-state index in [0.29, 0.717) is 30.2 Å². The van der Waals surface area contributed by atoms with Crippen molar-refractivity contribution < 1.29 is 17.6 Å². The molecule has 7 nitrogen and oxygen atoms in total. The van der Waals surface area contributed by atoms with E-state index >= 15 is 0 Å². The van der Waals surface area contributed by atoms with Crippen molar-refractivity contribution in [1.82, 2.24) is 14.2 Å². The zero-order chi connectivity index (χ0) is 18.7. The second kappa shape index (κ2) is 9.07. The molecule has 0 spiro atoms. The second-order valence-electron chi connectivity index (χ2n) is 5.83. The molecular weight excluding hydrogens is 415 g/mol. The van der Waals surface area contributed by atoms with Gasteiger partial charge < -0.3 is 10.6 Å². The fourth-order valence-corrected chi connectivity index (χ4v) is 4.88. The number of hydrogen-bond donors (Lipinski definition) is 1. The SMILES string of the molecule is Cl.NCc1nc(C(=O)N2CCCN(S(=O)(=O)c3ccc(F)cc3)CC2)cs1. The molecular formula is C16H20ClFN4O3S2. The Bertz CT molecular complexity index is 889. The molecule has 0 unspecified atom stereocenters. The number of hydrogen-bond acceptors (Lipinski definition) is 6. The van der Waals surface area contributed by atoms with Crippen LogP contribution in [0.2, 0.25) is 0 Å². The number of benzene rings is 1. The molecule has 1 aromatic heterocycles. The molecule has 1 aliphatic heterocycles. The lowest BCUT2D eigenvalue weighted by Crippen LogP contribution is -2.37. The molecule has 1 aromatic carbocycles. The number of nitrogens with zero attached hydrogens (tertiary/aromatic N) is 3. The van der Waals surface area contributed by atoms with Gasteiger partial charge in [-0.3, -0.25) is 4.79 Å². The molecule has 2 N–H and O–H groups in total. The van der Waals surface area contributed by atoms with Gasteiger partial charge in [-0.05, 0) is 30.7 Å². The van der Waals surface area contributed by atoms with Crippen LogP contribution in [-0.4, -0.2) is 54.7 Å². The van der Waals surface area contributed by atoms with Crippen molar-refractivity contribution in [3.05, 3.63) is 46.2 Å². The van der Waals surface area contributed by atoms with E-state index in [4.69, 9.17) is 5.73 Å². The summed E-state index contributed by atoms with van der Waals surface area (Å²) in [5.74, 6) is -0.710. The number of halogens is 2. The second-order valence-corrected chi connectivity index (χ2v) is 8.71. The van der Waals surface area contributed by atoms with E-state index in [2.05, 4.69) is 4.98 Å². The van der Waals surface area contributed by atoms with Crippen LogP contribution in [0.15, 0.2) is 34.5 Å². The van der Waals surface area contributed by atoms with E-state index < -0.39 is 15.8 Å². The van der Waals surface area contributed by atoms with E-state index in [1.165, 1.54) is 27.8 Å². The Hall–Kier alpha value is -1.59. The largest absolute Gasteiger partial charge is 0.336 e. The third-order valence-corrected chi connectivity index (χ3v) is 6.92. The van der Waals surface area contributed by atoms with Crippen molar-refractivity contribution >= 4 is 39.7 Å². The molecule has 2 heterocycles. The first-order chi connectivity index (χ1) is 12.4. The first-order valence-corrected chi connectivity index (χ1v) is 10.4. The summed E-state index contributed by atoms with van der Waals surface area (Å²) < 4.78 is 39.8. The summed E-state index contributed by atoms with van der Waals surface area (Å²) in [6.07, 6.45) is 0.514. The standard InChI is InChI=1S/C16H19FN4O3S2.ClH/c17-12-2-4-13(5-3-12)26(23,24)21-7-1-6-20(8-9-21)16(22)14-11-25-15(10-18)19-14;/h2-5,11H,1,6-10,18H2;1H. The summed E-state index contributed by atoms with van der Waals surface area (Å²) in [6, 6.07) is 4.75. The molecule has 0 bridgehead atoms. The average molecular weight is 435 g/mol. The normalized spacial score (nSPS) is 15.9. The highest BCUT2D eigenvalue weighted by atomic mass is 35.5. The number of carbonyl (C=O) groups excluding carboxylic acids is 1. The third-order valence-electron chi connectivity index (χ3n) is 4.14. The van der Waals surface area contributed by atoms with Crippen molar-refractivity contribution in [2.75, 3.05) is 26.2 Å². The van der Waals surface area contributed by atoms with Crippen molar-refractivity contribution in [3.63, 3.8) is 0 Å². The van der Waals surface area contributed by atoms with Gasteiger partial charge in [0.2, 0.25) is 10.0 Å². The van der Waals surface area contributed by atoms with Crippen molar-refractivity contribution in [2.24, 2.45) is 5.73 Å². The number of aromatic nitrogens is 1. The van der Waals surface area contributed by atoms with Gasteiger partial charge >= 0.3 is 0 Å². The summed E-state index contributed by atoms with van der Waals surface area (Å²) in [5.41, 5.74) is 5.86. The van der Waals surface area contributed by atoms with Crippen LogP contribution in [0.1, 0.15) is 21.9 Å². The maximum atomic E-state index is 13.0. The fourth-order valence-electron chi connectivity index (χ4n) is 2.76. The summed E-state index contributed by atoms with van der Waals surface area (Å²) in [4.78, 5) is 18.4. The van der Waals surface area contributed by atoms with E-state index in [1.807, 2.05) is 0 Å². The quantitative estimate of drug-likeness (QED) is 0.789. The summed E-state index contributed by atoms with van der Waals surface area (Å²) in [6.45, 7) is 1.48. The Morgan fingerprint density at radius 3 is 2.52 bits per heavy atom. The number of sulfonamides is 1. The maximum absolute atomic E-state index is 13.0. The van der Waals surface area contributed by atoms with Gasteiger partial charge in [0.05, 0.1) is 4.90 Å². The molecule has 0 aliphatic carbocycles. The average Bonchev–Trinajstić information content (AvgIpc) is 2.97. The lowest BCUT2D eigenvalue weighted by molar-refractivity contribution is 0.0759. The highest BCUT2D eigenvalue weighted by Crippen LogP contribution is 2.19. The van der Waals surface area contributed by atoms with Crippen molar-refractivity contribution in [1.29, 1.82) is 0 Å². The summed E-state index contributed by atoms with van der Waals surface area (Å²) >= 11 is 1.33. The van der Waals surface area contributed by atoms with Crippen LogP contribution in [0.3, 0.4) is 0 Å². The molecule has 11 heteroatoms. The van der Waals surface area contributed by atoms with E-state index in [1.54, 1.807) is 10.3 Å². The van der Waals surface area contributed by atoms with Crippen LogP contribution in [0.5, 0.6) is 0 Å². The van der Waals surface area contributed by atoms with Gasteiger partial charge in [-0.25, -0.2) is 17.8 Å². The fraction of sp³-hybridized carbons (Fsp3) is 0.375. The minimum Gasteiger partial charge on any atom is -0.336 e. The van der Waals surface area contributed by atoms with Crippen molar-refractivity contribution in [3.8, 4) is 0 Å². The summed E-state index contributed by atoms with van der Waals surface area (Å²) in [7, 11) is -3.72. The maximum Gasteiger partial charge on any atom is 0.273 e. The van der Waals surface area contributed by atoms with Crippen LogP contribution in [0.4, 0.5) is 4.39 Å². The van der Waals surface area contributed by atoms with Crippen LogP contribution >= 0.6 is 23.7 Å². The highest BCUT2D eigenvalue weighted by Gasteiger charge is 2.29. The Balaban J connectivity index is 0.00000261. The minimum atomic E-state index is -3.72. The molecule has 0 radical (unpaired) electrons. The highest BCUT2D eigenvalue weighted by molar-refractivity contribution is 7.89. The van der Waals surface area contributed by atoms with Gasteiger partial charge in [0.1, 0.15) is 16.5 Å². The first kappa shape index (κ1) is 21.7. The lowest BCUT2D eigenvalue weighted by atomic mass is 10.3. The third kappa shape index (κ3) is 4.82. The molecule has 27 heavy (non-hydrogen) atoms. The molecule has 2 aromatic rings. The Morgan fingerprint density at radius 1 is 1.19 bits per heavy atom. The van der Waals surface area contributed by atoms with E-state index in [0.717, 1.165) is 12.1 Å². The first-order valence-electron chi connectivity index (χ1n) is 8.11. The van der Waals surface area contributed by atoms with Gasteiger partial charge in [0.25, 0.3) is 5.91 Å². The number of nitrogens with two attached hydrogens (primary N) is 1. The van der Waals surface area contributed by atoms with Gasteiger partial charge in [-0.15, -0.1) is 23.7 Å². The number of carbonyl (C=O) groups is 1. The molecule has 1 aliphatic rings. The van der Waals surface area contributed by atoms with Gasteiger partial charge in [0.15, 0.2) is 0 Å². The topological polar surface area (TPSA) is 96.6 Å². The minimum absolute atomic E-state index is 0. The smallest absolute Gasteiger partial charge is 0.273 e. The Kier molecular flexibility index (Phi) is 7.29. The van der Waals surface area contributed by atoms with Crippen LogP contribution in [0, 0.1) is 5.82 Å². The predicted molar refractivity (Wildman–Crippen MR) is 103 cm³/mol. The number of thiazole rings is 1. The van der Waals surface area contributed by atoms with Gasteiger partial charge in [-0.1, -0.05) is 0 Å². The Labute approximate surface area is 167 Å². The molecule has 1 fully saturated rings. The van der Waals surface area contributed by atoms with Crippen LogP contribution in [-0.2, 0) is 16.6 Å². The lowest BCUT2D eigenvalue weighted by Gasteiger charge is -2.21. The number of rotatable bonds is 4. The molecule has 1 saturated heterocycles. The zero-order valence-corrected chi connectivity index (χ0v) is 16.8. The predicted octanol–water partition coefficient (Wildman–Crippen LogP) is 1.70. The molecule has 0 saturated carbocycles. The monoisotopic (exact) mass is 434 g/mol. The summed E-state index contributed by atoms with van der Waals surface area (Å²) in [5, 5.41) is 2.35. The molecule has 148 valence electrons. The van der Waals surface area contributed by atoms with Gasteiger partial charge in [-0.2, -0.15) is 4.31 Å². The van der Waals surface area contributed by atoms with E-state index in [-0.39, 0.29) is 42.8 Å². The Morgan fingerprint density at radius 2 is 1.89 bits per heavy atom. The molecule has 1 amide bonds. The van der Waals surface area contributed by atoms with Crippen LogP contribution in [0.25, 0.3) is 0 Å². The van der Waals surface area contributed by atoms with Crippen molar-refractivity contribution in [2.45, 2.75) is 17.9 Å². The molecule has 0 atom stereocenters. The molecule has 3 rings (SSSR count). The zero-order valence-electron chi connectivity index (χ0n) is 14.4. The number of amides is 1. The van der Waals surface area contributed by atoms with E-state index in [9.17, 15) is 17.6 Å². The van der Waals surface area contributed by atoms with Gasteiger partial charge in [0, 0.05) is 38.1 Å². The van der Waals surface area contributed by atoms with Crippen LogP contribution < -0.4 is 5.73 Å².